The molecule has 1 atom stereocenters. The van der Waals surface area contributed by atoms with Crippen LogP contribution in [-0.2, 0) is 9.53 Å². The van der Waals surface area contributed by atoms with E-state index in [9.17, 15) is 4.79 Å². The highest BCUT2D eigenvalue weighted by Gasteiger charge is 2.28. The molecule has 0 amide bonds. The first-order valence-electron chi connectivity index (χ1n) is 5.93. The number of hydrogen-bond acceptors (Lipinski definition) is 4. The van der Waals surface area contributed by atoms with Crippen LogP contribution >= 0.6 is 33.9 Å². The largest absolute Gasteiger partial charge is 0.455 e. The summed E-state index contributed by atoms with van der Waals surface area (Å²) in [6, 6.07) is 0. The second kappa shape index (κ2) is 7.19. The quantitative estimate of drug-likeness (QED) is 0.548. The number of nitrogens with zero attached hydrogens (tertiary/aromatic N) is 1. The molecule has 19 heavy (non-hydrogen) atoms. The Morgan fingerprint density at radius 3 is 2.74 bits per heavy atom. The van der Waals surface area contributed by atoms with E-state index in [1.165, 1.54) is 6.92 Å². The zero-order chi connectivity index (χ0) is 14.5. The smallest absolute Gasteiger partial charge is 0.303 e. The van der Waals surface area contributed by atoms with Crippen LogP contribution in [0, 0.1) is 6.92 Å². The van der Waals surface area contributed by atoms with Gasteiger partial charge in [0.2, 0.25) is 0 Å². The first kappa shape index (κ1) is 16.4. The van der Waals surface area contributed by atoms with E-state index in [0.717, 1.165) is 16.3 Å². The molecule has 0 bridgehead atoms. The zero-order valence-electron chi connectivity index (χ0n) is 11.6. The zero-order valence-corrected chi connectivity index (χ0v) is 14.5. The Labute approximate surface area is 131 Å². The van der Waals surface area contributed by atoms with Gasteiger partial charge >= 0.3 is 5.97 Å². The molecular formula is C14H18INO2S. The maximum absolute atomic E-state index is 11.3. The molecule has 0 unspecified atom stereocenters. The molecule has 0 N–H and O–H groups in total. The number of aromatic nitrogens is 1. The van der Waals surface area contributed by atoms with Crippen LogP contribution in [0.25, 0.3) is 6.08 Å². The van der Waals surface area contributed by atoms with Gasteiger partial charge in [0.25, 0.3) is 0 Å². The van der Waals surface area contributed by atoms with Gasteiger partial charge in [0.05, 0.1) is 10.7 Å². The maximum Gasteiger partial charge on any atom is 0.303 e. The number of carbonyl (C=O) groups is 1. The van der Waals surface area contributed by atoms with Crippen LogP contribution in [-0.4, -0.2) is 16.6 Å². The van der Waals surface area contributed by atoms with Gasteiger partial charge in [0.15, 0.2) is 0 Å². The highest BCUT2D eigenvalue weighted by molar-refractivity contribution is 14.1. The van der Waals surface area contributed by atoms with Crippen molar-refractivity contribution in [3.8, 4) is 0 Å². The molecule has 0 aliphatic carbocycles. The summed E-state index contributed by atoms with van der Waals surface area (Å²) in [5.41, 5.74) is 1.28. The molecule has 0 fully saturated rings. The molecular weight excluding hydrogens is 373 g/mol. The fourth-order valence-corrected chi connectivity index (χ4v) is 2.52. The Bertz CT molecular complexity index is 507. The molecule has 0 aliphatic heterocycles. The van der Waals surface area contributed by atoms with Gasteiger partial charge in [-0.2, -0.15) is 0 Å². The summed E-state index contributed by atoms with van der Waals surface area (Å²) in [5, 5.41) is 3.03. The molecule has 104 valence electrons. The minimum absolute atomic E-state index is 0.272. The van der Waals surface area contributed by atoms with Crippen LogP contribution in [0.2, 0.25) is 0 Å². The van der Waals surface area contributed by atoms with Crippen LogP contribution in [0.15, 0.2) is 21.1 Å². The maximum atomic E-state index is 11.3. The van der Waals surface area contributed by atoms with Gasteiger partial charge in [0, 0.05) is 18.7 Å². The van der Waals surface area contributed by atoms with E-state index in [4.69, 9.17) is 4.74 Å². The predicted octanol–water partition coefficient (Wildman–Crippen LogP) is 4.52. The summed E-state index contributed by atoms with van der Waals surface area (Å²) >= 11 is 3.77. The Morgan fingerprint density at radius 1 is 1.58 bits per heavy atom. The van der Waals surface area contributed by atoms with Gasteiger partial charge in [-0.15, -0.1) is 11.3 Å². The molecule has 0 spiro atoms. The molecule has 1 aromatic heterocycles. The normalized spacial score (nSPS) is 15.5. The first-order chi connectivity index (χ1) is 8.87. The van der Waals surface area contributed by atoms with Gasteiger partial charge in [-0.05, 0) is 36.5 Å². The third-order valence-electron chi connectivity index (χ3n) is 2.80. The van der Waals surface area contributed by atoms with E-state index in [-0.39, 0.29) is 5.97 Å². The van der Waals surface area contributed by atoms with Gasteiger partial charge in [-0.1, -0.05) is 28.7 Å². The van der Waals surface area contributed by atoms with Crippen LogP contribution in [0.4, 0.5) is 0 Å². The molecule has 0 saturated carbocycles. The molecule has 1 heterocycles. The topological polar surface area (TPSA) is 39.2 Å². The van der Waals surface area contributed by atoms with E-state index >= 15 is 0 Å². The first-order valence-corrected chi connectivity index (χ1v) is 8.05. The third-order valence-corrected chi connectivity index (χ3v) is 4.10. The molecule has 1 aromatic rings. The van der Waals surface area contributed by atoms with Crippen molar-refractivity contribution < 1.29 is 9.53 Å². The van der Waals surface area contributed by atoms with E-state index in [2.05, 4.69) is 27.6 Å². The van der Waals surface area contributed by atoms with E-state index < -0.39 is 5.60 Å². The summed E-state index contributed by atoms with van der Waals surface area (Å²) in [5.74, 6) is -0.272. The summed E-state index contributed by atoms with van der Waals surface area (Å²) in [6.07, 6.45) is 4.63. The lowest BCUT2D eigenvalue weighted by Crippen LogP contribution is -2.31. The van der Waals surface area contributed by atoms with Gasteiger partial charge in [-0.3, -0.25) is 4.79 Å². The van der Waals surface area contributed by atoms with Crippen LogP contribution in [0.1, 0.15) is 37.9 Å². The highest BCUT2D eigenvalue weighted by Crippen LogP contribution is 2.28. The molecule has 0 saturated heterocycles. The number of ether oxygens (including phenoxy) is 1. The number of rotatable bonds is 5. The second-order valence-electron chi connectivity index (χ2n) is 4.51. The van der Waals surface area contributed by atoms with E-state index in [1.807, 2.05) is 42.4 Å². The SMILES string of the molecule is CC(=O)O[C@@](C)(C/C=C\I)/C(C)=C/c1csc(C)n1. The number of halogens is 1. The number of hydrogen-bond donors (Lipinski definition) is 0. The van der Waals surface area contributed by atoms with E-state index in [0.29, 0.717) is 6.42 Å². The highest BCUT2D eigenvalue weighted by atomic mass is 127. The van der Waals surface area contributed by atoms with Crippen LogP contribution < -0.4 is 0 Å². The number of esters is 1. The van der Waals surface area contributed by atoms with Crippen molar-refractivity contribution in [2.45, 2.75) is 39.7 Å². The van der Waals surface area contributed by atoms with Crippen molar-refractivity contribution in [2.75, 3.05) is 0 Å². The lowest BCUT2D eigenvalue weighted by Gasteiger charge is -2.29. The Hall–Kier alpha value is -0.690. The van der Waals surface area contributed by atoms with Crippen molar-refractivity contribution in [2.24, 2.45) is 0 Å². The van der Waals surface area contributed by atoms with Crippen molar-refractivity contribution in [1.82, 2.24) is 4.98 Å². The predicted molar refractivity (Wildman–Crippen MR) is 88.5 cm³/mol. The van der Waals surface area contributed by atoms with E-state index in [1.54, 1.807) is 11.3 Å². The number of carbonyl (C=O) groups excluding carboxylic acids is 1. The van der Waals surface area contributed by atoms with Crippen molar-refractivity contribution in [1.29, 1.82) is 0 Å². The molecule has 0 aliphatic rings. The average Bonchev–Trinajstić information content (AvgIpc) is 2.71. The number of aryl methyl sites for hydroxylation is 1. The number of thiazole rings is 1. The Balaban J connectivity index is 3.02. The average molecular weight is 391 g/mol. The Morgan fingerprint density at radius 2 is 2.26 bits per heavy atom. The van der Waals surface area contributed by atoms with Gasteiger partial charge in [-0.25, -0.2) is 4.98 Å². The Kier molecular flexibility index (Phi) is 6.19. The lowest BCUT2D eigenvalue weighted by molar-refractivity contribution is -0.151. The molecule has 5 heteroatoms. The molecule has 3 nitrogen and oxygen atoms in total. The standard InChI is InChI=1S/C14H18INO2S/c1-10(8-13-9-19-11(2)16-13)14(4,6-5-7-15)18-12(3)17/h5,7-9H,6H2,1-4H3/b7-5-,10-8+/t14-/m0/s1. The summed E-state index contributed by atoms with van der Waals surface area (Å²) in [7, 11) is 0. The van der Waals surface area contributed by atoms with Crippen LogP contribution in [0.5, 0.6) is 0 Å². The summed E-state index contributed by atoms with van der Waals surface area (Å²) in [6.45, 7) is 7.31. The molecule has 0 radical (unpaired) electrons. The van der Waals surface area contributed by atoms with Crippen LogP contribution in [0.3, 0.4) is 0 Å². The minimum Gasteiger partial charge on any atom is -0.455 e. The van der Waals surface area contributed by atoms with Gasteiger partial charge < -0.3 is 4.74 Å². The minimum atomic E-state index is -0.620. The molecule has 0 aromatic carbocycles. The van der Waals surface area contributed by atoms with Gasteiger partial charge in [0.1, 0.15) is 5.60 Å². The third kappa shape index (κ3) is 5.06. The fourth-order valence-electron chi connectivity index (χ4n) is 1.69. The monoisotopic (exact) mass is 391 g/mol. The summed E-state index contributed by atoms with van der Waals surface area (Å²) < 4.78 is 7.42. The van der Waals surface area contributed by atoms with Crippen molar-refractivity contribution in [3.63, 3.8) is 0 Å². The van der Waals surface area contributed by atoms with Crippen molar-refractivity contribution in [3.05, 3.63) is 31.8 Å². The lowest BCUT2D eigenvalue weighted by atomic mass is 9.92. The molecule has 1 rings (SSSR count). The summed E-state index contributed by atoms with van der Waals surface area (Å²) in [4.78, 5) is 15.7. The van der Waals surface area contributed by atoms with Crippen molar-refractivity contribution >= 4 is 46.0 Å². The second-order valence-corrected chi connectivity index (χ2v) is 6.29. The fraction of sp³-hybridized carbons (Fsp3) is 0.429.